The van der Waals surface area contributed by atoms with E-state index < -0.39 is 0 Å². The van der Waals surface area contributed by atoms with Gasteiger partial charge in [0.15, 0.2) is 0 Å². The molecule has 0 aliphatic heterocycles. The zero-order chi connectivity index (χ0) is 10.4. The van der Waals surface area contributed by atoms with Crippen molar-refractivity contribution in [1.82, 2.24) is 18.7 Å². The highest BCUT2D eigenvalue weighted by molar-refractivity contribution is 9.11. The Balaban J connectivity index is 2.58. The maximum Gasteiger partial charge on any atom is 0.125 e. The van der Waals surface area contributed by atoms with Crippen molar-refractivity contribution in [1.29, 1.82) is 0 Å². The number of rotatable bonds is 0. The van der Waals surface area contributed by atoms with Crippen LogP contribution in [0.4, 0.5) is 0 Å². The molecular formula is C8H2Br2N4S. The van der Waals surface area contributed by atoms with Crippen LogP contribution in [0.1, 0.15) is 0 Å². The van der Waals surface area contributed by atoms with Gasteiger partial charge in [0, 0.05) is 0 Å². The monoisotopic (exact) mass is 344 g/mol. The fraction of sp³-hybridized carbons (Fsp3) is 0. The molecule has 2 heterocycles. The van der Waals surface area contributed by atoms with Crippen molar-refractivity contribution >= 4 is 65.7 Å². The first-order valence-electron chi connectivity index (χ1n) is 3.99. The molecule has 1 aromatic carbocycles. The van der Waals surface area contributed by atoms with Crippen molar-refractivity contribution in [3.05, 3.63) is 21.3 Å². The van der Waals surface area contributed by atoms with Crippen LogP contribution in [0.15, 0.2) is 21.3 Å². The van der Waals surface area contributed by atoms with Crippen LogP contribution in [0, 0.1) is 0 Å². The number of aromatic nitrogens is 4. The molecule has 0 N–H and O–H groups in total. The van der Waals surface area contributed by atoms with Crippen LogP contribution in [0.3, 0.4) is 0 Å². The number of nitrogens with zero attached hydrogens (tertiary/aromatic N) is 4. The van der Waals surface area contributed by atoms with E-state index in [-0.39, 0.29) is 0 Å². The molecule has 0 amide bonds. The number of halogens is 2. The second-order valence-corrected chi connectivity index (χ2v) is 5.02. The smallest absolute Gasteiger partial charge is 0.125 e. The van der Waals surface area contributed by atoms with Crippen molar-refractivity contribution in [2.75, 3.05) is 0 Å². The summed E-state index contributed by atoms with van der Waals surface area (Å²) < 4.78 is 9.92. The first kappa shape index (κ1) is 9.56. The third-order valence-electron chi connectivity index (χ3n) is 1.97. The molecule has 0 aliphatic carbocycles. The molecule has 74 valence electrons. The molecule has 0 atom stereocenters. The number of benzene rings is 1. The highest BCUT2D eigenvalue weighted by atomic mass is 79.9. The summed E-state index contributed by atoms with van der Waals surface area (Å²) in [5.74, 6) is 0. The minimum absolute atomic E-state index is 0.707. The lowest BCUT2D eigenvalue weighted by molar-refractivity contribution is 1.25. The highest BCUT2D eigenvalue weighted by Crippen LogP contribution is 2.29. The van der Waals surface area contributed by atoms with Gasteiger partial charge in [-0.05, 0) is 37.9 Å². The van der Waals surface area contributed by atoms with Gasteiger partial charge in [-0.3, -0.25) is 4.98 Å². The number of fused-ring (bicyclic) bond motifs is 2. The lowest BCUT2D eigenvalue weighted by atomic mass is 10.2. The van der Waals surface area contributed by atoms with Crippen LogP contribution in [0.2, 0.25) is 0 Å². The fourth-order valence-electron chi connectivity index (χ4n) is 1.33. The molecule has 0 saturated heterocycles. The molecule has 15 heavy (non-hydrogen) atoms. The number of hydrogen-bond donors (Lipinski definition) is 0. The molecule has 0 saturated carbocycles. The summed E-state index contributed by atoms with van der Waals surface area (Å²) in [4.78, 5) is 8.62. The van der Waals surface area contributed by atoms with E-state index in [0.717, 1.165) is 26.5 Å². The van der Waals surface area contributed by atoms with Gasteiger partial charge < -0.3 is 0 Å². The van der Waals surface area contributed by atoms with Gasteiger partial charge >= 0.3 is 0 Å². The predicted octanol–water partition coefficient (Wildman–Crippen LogP) is 3.16. The normalized spacial score (nSPS) is 11.3. The van der Waals surface area contributed by atoms with Gasteiger partial charge in [0.1, 0.15) is 21.2 Å². The molecule has 3 aromatic rings. The molecule has 0 spiro atoms. The van der Waals surface area contributed by atoms with E-state index in [2.05, 4.69) is 50.6 Å². The summed E-state index contributed by atoms with van der Waals surface area (Å²) in [6.45, 7) is 0. The van der Waals surface area contributed by atoms with Crippen LogP contribution in [-0.2, 0) is 0 Å². The second-order valence-electron chi connectivity index (χ2n) is 2.88. The van der Waals surface area contributed by atoms with Crippen molar-refractivity contribution in [3.63, 3.8) is 0 Å². The largest absolute Gasteiger partial charge is 0.252 e. The Morgan fingerprint density at radius 2 is 1.93 bits per heavy atom. The van der Waals surface area contributed by atoms with E-state index in [4.69, 9.17) is 0 Å². The molecule has 7 heteroatoms. The third-order valence-corrected chi connectivity index (χ3v) is 3.65. The average Bonchev–Trinajstić information content (AvgIpc) is 2.68. The second kappa shape index (κ2) is 3.43. The van der Waals surface area contributed by atoms with Gasteiger partial charge in [-0.2, -0.15) is 8.75 Å². The van der Waals surface area contributed by atoms with Gasteiger partial charge in [0.25, 0.3) is 0 Å². The first-order chi connectivity index (χ1) is 7.25. The summed E-state index contributed by atoms with van der Waals surface area (Å²) in [7, 11) is 0. The minimum Gasteiger partial charge on any atom is -0.252 e. The zero-order valence-corrected chi connectivity index (χ0v) is 11.1. The van der Waals surface area contributed by atoms with Crippen molar-refractivity contribution in [2.24, 2.45) is 0 Å². The molecule has 0 fully saturated rings. The van der Waals surface area contributed by atoms with E-state index in [1.165, 1.54) is 11.7 Å². The van der Waals surface area contributed by atoms with E-state index >= 15 is 0 Å². The SMILES string of the molecule is Brc1cnc2cc3nsnc3c(Br)c2n1. The van der Waals surface area contributed by atoms with Crippen molar-refractivity contribution in [3.8, 4) is 0 Å². The zero-order valence-electron chi connectivity index (χ0n) is 7.11. The molecule has 0 radical (unpaired) electrons. The molecule has 4 nitrogen and oxygen atoms in total. The summed E-state index contributed by atoms with van der Waals surface area (Å²) in [5.41, 5.74) is 3.28. The standard InChI is InChI=1S/C8H2Br2N4S/c9-5-2-11-3-1-4-8(14-15-13-4)6(10)7(3)12-5/h1-2H. The van der Waals surface area contributed by atoms with Gasteiger partial charge in [-0.15, -0.1) is 0 Å². The molecule has 3 rings (SSSR count). The minimum atomic E-state index is 0.707. The van der Waals surface area contributed by atoms with Crippen LogP contribution in [0.5, 0.6) is 0 Å². The van der Waals surface area contributed by atoms with Crippen LogP contribution >= 0.6 is 43.6 Å². The van der Waals surface area contributed by atoms with E-state index in [9.17, 15) is 0 Å². The predicted molar refractivity (Wildman–Crippen MR) is 65.9 cm³/mol. The summed E-state index contributed by atoms with van der Waals surface area (Å²) in [6, 6.07) is 1.89. The Morgan fingerprint density at radius 3 is 2.80 bits per heavy atom. The Bertz CT molecular complexity index is 666. The Morgan fingerprint density at radius 1 is 1.07 bits per heavy atom. The first-order valence-corrected chi connectivity index (χ1v) is 6.30. The quantitative estimate of drug-likeness (QED) is 0.628. The van der Waals surface area contributed by atoms with Crippen LogP contribution < -0.4 is 0 Å². The van der Waals surface area contributed by atoms with Crippen LogP contribution in [-0.4, -0.2) is 18.7 Å². The van der Waals surface area contributed by atoms with E-state index in [0.29, 0.717) is 4.60 Å². The summed E-state index contributed by atoms with van der Waals surface area (Å²) >= 11 is 7.95. The van der Waals surface area contributed by atoms with E-state index in [1.54, 1.807) is 6.20 Å². The molecule has 0 unspecified atom stereocenters. The Labute approximate surface area is 105 Å². The maximum atomic E-state index is 4.35. The van der Waals surface area contributed by atoms with E-state index in [1.807, 2.05) is 6.07 Å². The van der Waals surface area contributed by atoms with Gasteiger partial charge in [0.2, 0.25) is 0 Å². The highest BCUT2D eigenvalue weighted by Gasteiger charge is 2.10. The Hall–Kier alpha value is -0.660. The van der Waals surface area contributed by atoms with Gasteiger partial charge in [-0.1, -0.05) is 0 Å². The van der Waals surface area contributed by atoms with Crippen molar-refractivity contribution in [2.45, 2.75) is 0 Å². The topological polar surface area (TPSA) is 51.6 Å². The molecule has 0 bridgehead atoms. The summed E-state index contributed by atoms with van der Waals surface area (Å²) in [6.07, 6.45) is 1.67. The fourth-order valence-corrected chi connectivity index (χ4v) is 2.84. The lowest BCUT2D eigenvalue weighted by Gasteiger charge is -1.99. The molecular weight excluding hydrogens is 344 g/mol. The van der Waals surface area contributed by atoms with Gasteiger partial charge in [-0.25, -0.2) is 4.98 Å². The lowest BCUT2D eigenvalue weighted by Crippen LogP contribution is -1.87. The van der Waals surface area contributed by atoms with Crippen molar-refractivity contribution < 1.29 is 0 Å². The van der Waals surface area contributed by atoms with Crippen LogP contribution in [0.25, 0.3) is 22.1 Å². The average molecular weight is 346 g/mol. The third kappa shape index (κ3) is 1.45. The summed E-state index contributed by atoms with van der Waals surface area (Å²) in [5, 5.41) is 0. The maximum absolute atomic E-state index is 4.35. The number of hydrogen-bond acceptors (Lipinski definition) is 5. The van der Waals surface area contributed by atoms with Gasteiger partial charge in [0.05, 0.1) is 27.9 Å². The molecule has 2 aromatic heterocycles. The molecule has 0 aliphatic rings. The Kier molecular flexibility index (Phi) is 2.18.